The maximum Gasteiger partial charge on any atom is 0.0413 e. The molecule has 0 aliphatic heterocycles. The van der Waals surface area contributed by atoms with Gasteiger partial charge in [0.25, 0.3) is 0 Å². The van der Waals surface area contributed by atoms with E-state index >= 15 is 0 Å². The van der Waals surface area contributed by atoms with Crippen LogP contribution in [0.25, 0.3) is 6.08 Å². The molecule has 0 saturated heterocycles. The highest BCUT2D eigenvalue weighted by molar-refractivity contribution is 6.30. The van der Waals surface area contributed by atoms with E-state index in [-0.39, 0.29) is 0 Å². The molecule has 0 bridgehead atoms. The third kappa shape index (κ3) is 4.54. The van der Waals surface area contributed by atoms with Crippen molar-refractivity contribution in [1.29, 1.82) is 0 Å². The molecule has 0 amide bonds. The van der Waals surface area contributed by atoms with Crippen LogP contribution in [-0.2, 0) is 0 Å². The van der Waals surface area contributed by atoms with Gasteiger partial charge in [0.1, 0.15) is 0 Å². The molecule has 0 saturated carbocycles. The van der Waals surface area contributed by atoms with E-state index in [1.165, 1.54) is 6.42 Å². The highest BCUT2D eigenvalue weighted by atomic mass is 35.5. The normalized spacial score (nSPS) is 11.6. The minimum absolute atomic E-state index is 0.718. The number of rotatable bonds is 5. The predicted molar refractivity (Wildman–Crippen MR) is 73.6 cm³/mol. The second-order valence-corrected chi connectivity index (χ2v) is 4.11. The van der Waals surface area contributed by atoms with Crippen LogP contribution >= 0.6 is 11.6 Å². The van der Waals surface area contributed by atoms with E-state index in [2.05, 4.69) is 25.2 Å². The van der Waals surface area contributed by atoms with E-state index < -0.39 is 0 Å². The molecule has 0 aliphatic carbocycles. The molecule has 16 heavy (non-hydrogen) atoms. The van der Waals surface area contributed by atoms with E-state index in [9.17, 15) is 0 Å². The fourth-order valence-corrected chi connectivity index (χ4v) is 1.52. The zero-order valence-electron chi connectivity index (χ0n) is 9.62. The van der Waals surface area contributed by atoms with Gasteiger partial charge in [0.2, 0.25) is 0 Å². The first kappa shape index (κ1) is 12.9. The third-order valence-electron chi connectivity index (χ3n) is 2.24. The fourth-order valence-electron chi connectivity index (χ4n) is 1.34. The summed E-state index contributed by atoms with van der Waals surface area (Å²) in [6.45, 7) is 2.17. The SMILES string of the molecule is CCC/C=C/C/C=C\c1cc(Cl)ccc1N. The largest absolute Gasteiger partial charge is 0.398 e. The number of allylic oxidation sites excluding steroid dienone is 3. The number of nitrogens with two attached hydrogens (primary N) is 1. The molecule has 1 nitrogen and oxygen atoms in total. The first-order chi connectivity index (χ1) is 7.74. The molecule has 0 aromatic heterocycles. The third-order valence-corrected chi connectivity index (χ3v) is 2.48. The van der Waals surface area contributed by atoms with Crippen molar-refractivity contribution in [3.8, 4) is 0 Å². The Morgan fingerprint density at radius 2 is 2.06 bits per heavy atom. The Kier molecular flexibility index (Phi) is 5.73. The molecule has 1 rings (SSSR count). The van der Waals surface area contributed by atoms with E-state index in [0.717, 1.165) is 29.1 Å². The summed E-state index contributed by atoms with van der Waals surface area (Å²) >= 11 is 5.89. The maximum absolute atomic E-state index is 5.89. The predicted octanol–water partition coefficient (Wildman–Crippen LogP) is 4.68. The fraction of sp³-hybridized carbons (Fsp3) is 0.286. The van der Waals surface area contributed by atoms with E-state index in [0.29, 0.717) is 0 Å². The van der Waals surface area contributed by atoms with Crippen molar-refractivity contribution < 1.29 is 0 Å². The average Bonchev–Trinajstić information content (AvgIpc) is 2.28. The van der Waals surface area contributed by atoms with Crippen LogP contribution in [0.2, 0.25) is 5.02 Å². The molecule has 0 spiro atoms. The molecule has 0 aliphatic rings. The van der Waals surface area contributed by atoms with Gasteiger partial charge in [-0.15, -0.1) is 0 Å². The molecule has 0 fully saturated rings. The van der Waals surface area contributed by atoms with Gasteiger partial charge in [0.05, 0.1) is 0 Å². The Bertz CT molecular complexity index is 380. The topological polar surface area (TPSA) is 26.0 Å². The van der Waals surface area contributed by atoms with Crippen LogP contribution < -0.4 is 5.73 Å². The van der Waals surface area contributed by atoms with Crippen LogP contribution in [0.1, 0.15) is 31.7 Å². The van der Waals surface area contributed by atoms with Gasteiger partial charge < -0.3 is 5.73 Å². The Balaban J connectivity index is 2.52. The smallest absolute Gasteiger partial charge is 0.0413 e. The number of hydrogen-bond acceptors (Lipinski definition) is 1. The van der Waals surface area contributed by atoms with Gasteiger partial charge in [-0.2, -0.15) is 0 Å². The summed E-state index contributed by atoms with van der Waals surface area (Å²) in [5.41, 5.74) is 7.57. The van der Waals surface area contributed by atoms with Crippen molar-refractivity contribution in [3.05, 3.63) is 47.0 Å². The molecule has 0 atom stereocenters. The molecule has 1 aromatic rings. The summed E-state index contributed by atoms with van der Waals surface area (Å²) in [5, 5.41) is 0.718. The van der Waals surface area contributed by atoms with Gasteiger partial charge in [-0.25, -0.2) is 0 Å². The Morgan fingerprint density at radius 3 is 2.81 bits per heavy atom. The van der Waals surface area contributed by atoms with Crippen molar-refractivity contribution >= 4 is 23.4 Å². The number of unbranched alkanes of at least 4 members (excludes halogenated alkanes) is 1. The van der Waals surface area contributed by atoms with Crippen LogP contribution in [0.5, 0.6) is 0 Å². The number of halogens is 1. The number of anilines is 1. The van der Waals surface area contributed by atoms with Crippen LogP contribution in [0, 0.1) is 0 Å². The van der Waals surface area contributed by atoms with Crippen molar-refractivity contribution in [2.45, 2.75) is 26.2 Å². The molecular weight excluding hydrogens is 218 g/mol. The summed E-state index contributed by atoms with van der Waals surface area (Å²) in [6, 6.07) is 5.51. The second kappa shape index (κ2) is 7.13. The molecular formula is C14H18ClN. The molecule has 2 N–H and O–H groups in total. The van der Waals surface area contributed by atoms with Crippen LogP contribution in [0.4, 0.5) is 5.69 Å². The average molecular weight is 236 g/mol. The monoisotopic (exact) mass is 235 g/mol. The number of hydrogen-bond donors (Lipinski definition) is 1. The lowest BCUT2D eigenvalue weighted by Gasteiger charge is -1.99. The first-order valence-corrected chi connectivity index (χ1v) is 5.98. The van der Waals surface area contributed by atoms with Gasteiger partial charge in [0.15, 0.2) is 0 Å². The van der Waals surface area contributed by atoms with Crippen LogP contribution in [0.3, 0.4) is 0 Å². The lowest BCUT2D eigenvalue weighted by Crippen LogP contribution is -1.87. The highest BCUT2D eigenvalue weighted by Crippen LogP contribution is 2.19. The molecule has 86 valence electrons. The zero-order valence-corrected chi connectivity index (χ0v) is 10.4. The first-order valence-electron chi connectivity index (χ1n) is 5.60. The Labute approximate surface area is 103 Å². The summed E-state index contributed by atoms with van der Waals surface area (Å²) in [5.74, 6) is 0. The van der Waals surface area contributed by atoms with Gasteiger partial charge >= 0.3 is 0 Å². The lowest BCUT2D eigenvalue weighted by atomic mass is 10.1. The van der Waals surface area contributed by atoms with Crippen molar-refractivity contribution in [1.82, 2.24) is 0 Å². The molecule has 0 heterocycles. The molecule has 2 heteroatoms. The number of benzene rings is 1. The van der Waals surface area contributed by atoms with E-state index in [1.54, 1.807) is 6.07 Å². The van der Waals surface area contributed by atoms with E-state index in [1.807, 2.05) is 18.2 Å². The summed E-state index contributed by atoms with van der Waals surface area (Å²) in [7, 11) is 0. The summed E-state index contributed by atoms with van der Waals surface area (Å²) < 4.78 is 0. The van der Waals surface area contributed by atoms with Crippen LogP contribution in [-0.4, -0.2) is 0 Å². The van der Waals surface area contributed by atoms with Crippen LogP contribution in [0.15, 0.2) is 36.4 Å². The molecule has 1 aromatic carbocycles. The van der Waals surface area contributed by atoms with Crippen molar-refractivity contribution in [2.24, 2.45) is 0 Å². The zero-order chi connectivity index (χ0) is 11.8. The van der Waals surface area contributed by atoms with E-state index in [4.69, 9.17) is 17.3 Å². The van der Waals surface area contributed by atoms with Crippen molar-refractivity contribution in [2.75, 3.05) is 5.73 Å². The van der Waals surface area contributed by atoms with Gasteiger partial charge in [-0.3, -0.25) is 0 Å². The van der Waals surface area contributed by atoms with Gasteiger partial charge in [-0.05, 0) is 36.6 Å². The quantitative estimate of drug-likeness (QED) is 0.582. The van der Waals surface area contributed by atoms with Crippen molar-refractivity contribution in [3.63, 3.8) is 0 Å². The minimum Gasteiger partial charge on any atom is -0.398 e. The standard InChI is InChI=1S/C14H18ClN/c1-2-3-4-5-6-7-8-12-11-13(15)9-10-14(12)16/h4-5,7-11H,2-3,6,16H2,1H3/b5-4+,8-7-. The molecule has 0 unspecified atom stereocenters. The van der Waals surface area contributed by atoms with Gasteiger partial charge in [-0.1, -0.05) is 49.2 Å². The summed E-state index contributed by atoms with van der Waals surface area (Å²) in [4.78, 5) is 0. The Hall–Kier alpha value is -1.21. The Morgan fingerprint density at radius 1 is 1.25 bits per heavy atom. The summed E-state index contributed by atoms with van der Waals surface area (Å²) in [6.07, 6.45) is 11.7. The second-order valence-electron chi connectivity index (χ2n) is 3.67. The highest BCUT2D eigenvalue weighted by Gasteiger charge is 1.94. The minimum atomic E-state index is 0.718. The number of nitrogen functional groups attached to an aromatic ring is 1. The van der Waals surface area contributed by atoms with Gasteiger partial charge in [0, 0.05) is 10.7 Å². The lowest BCUT2D eigenvalue weighted by molar-refractivity contribution is 0.955. The maximum atomic E-state index is 5.89. The molecule has 0 radical (unpaired) electrons.